The maximum atomic E-state index is 11.9. The minimum atomic E-state index is -3.31. The predicted octanol–water partition coefficient (Wildman–Crippen LogP) is 1.50. The van der Waals surface area contributed by atoms with Crippen molar-refractivity contribution in [2.24, 2.45) is 0 Å². The Balaban J connectivity index is 1.85. The van der Waals surface area contributed by atoms with E-state index in [0.29, 0.717) is 12.5 Å². The molecule has 1 N–H and O–H groups in total. The number of hydrogen-bond donors (Lipinski definition) is 1. The van der Waals surface area contributed by atoms with Crippen LogP contribution in [0.15, 0.2) is 24.3 Å². The standard InChI is InChI=1S/C16H24N2O3S/c1-18(2)22(20,21)11-10-16(19)17-12-14-8-5-7-13-6-3-4-9-15(13)14/h3-4,6,9,14H,5,7-8,10-12H2,1-2H3,(H,17,19). The summed E-state index contributed by atoms with van der Waals surface area (Å²) in [7, 11) is -0.356. The number of nitrogens with one attached hydrogen (secondary N) is 1. The number of nitrogens with zero attached hydrogens (tertiary/aromatic N) is 1. The quantitative estimate of drug-likeness (QED) is 0.862. The Bertz CT molecular complexity index is 626. The Kier molecular flexibility index (Phi) is 5.58. The predicted molar refractivity (Wildman–Crippen MR) is 87.2 cm³/mol. The van der Waals surface area contributed by atoms with Crippen molar-refractivity contribution in [2.75, 3.05) is 26.4 Å². The van der Waals surface area contributed by atoms with Gasteiger partial charge in [0.1, 0.15) is 0 Å². The van der Waals surface area contributed by atoms with Crippen molar-refractivity contribution in [3.05, 3.63) is 35.4 Å². The minimum Gasteiger partial charge on any atom is -0.355 e. The van der Waals surface area contributed by atoms with Crippen LogP contribution in [0.1, 0.15) is 36.3 Å². The van der Waals surface area contributed by atoms with Gasteiger partial charge < -0.3 is 5.32 Å². The first-order valence-electron chi connectivity index (χ1n) is 7.65. The summed E-state index contributed by atoms with van der Waals surface area (Å²) in [5.41, 5.74) is 2.68. The second-order valence-corrected chi connectivity index (χ2v) is 8.24. The van der Waals surface area contributed by atoms with Crippen molar-refractivity contribution in [2.45, 2.75) is 31.6 Å². The molecule has 2 rings (SSSR count). The number of hydrogen-bond acceptors (Lipinski definition) is 3. The second kappa shape index (κ2) is 7.24. The first-order valence-corrected chi connectivity index (χ1v) is 9.26. The van der Waals surface area contributed by atoms with E-state index in [4.69, 9.17) is 0 Å². The summed E-state index contributed by atoms with van der Waals surface area (Å²) in [6, 6.07) is 8.35. The molecule has 122 valence electrons. The van der Waals surface area contributed by atoms with Gasteiger partial charge in [-0.25, -0.2) is 12.7 Å². The first kappa shape index (κ1) is 17.0. The van der Waals surface area contributed by atoms with E-state index in [9.17, 15) is 13.2 Å². The number of amides is 1. The molecule has 0 heterocycles. The lowest BCUT2D eigenvalue weighted by atomic mass is 9.83. The highest BCUT2D eigenvalue weighted by Crippen LogP contribution is 2.30. The van der Waals surface area contributed by atoms with Gasteiger partial charge in [0.25, 0.3) is 0 Å². The molecule has 22 heavy (non-hydrogen) atoms. The van der Waals surface area contributed by atoms with Crippen molar-refractivity contribution in [3.63, 3.8) is 0 Å². The lowest BCUT2D eigenvalue weighted by molar-refractivity contribution is -0.120. The monoisotopic (exact) mass is 324 g/mol. The van der Waals surface area contributed by atoms with Gasteiger partial charge in [-0.05, 0) is 30.4 Å². The number of carbonyl (C=O) groups is 1. The highest BCUT2D eigenvalue weighted by Gasteiger charge is 2.21. The van der Waals surface area contributed by atoms with Gasteiger partial charge in [-0.2, -0.15) is 0 Å². The van der Waals surface area contributed by atoms with Crippen LogP contribution in [-0.2, 0) is 21.2 Å². The SMILES string of the molecule is CN(C)S(=O)(=O)CCC(=O)NCC1CCCc2ccccc21. The summed E-state index contributed by atoms with van der Waals surface area (Å²) in [5.74, 6) is -0.0135. The largest absolute Gasteiger partial charge is 0.355 e. The van der Waals surface area contributed by atoms with E-state index >= 15 is 0 Å². The zero-order valence-electron chi connectivity index (χ0n) is 13.2. The molecule has 5 nitrogen and oxygen atoms in total. The van der Waals surface area contributed by atoms with Gasteiger partial charge in [0, 0.05) is 33.0 Å². The Morgan fingerprint density at radius 1 is 1.32 bits per heavy atom. The van der Waals surface area contributed by atoms with Crippen molar-refractivity contribution < 1.29 is 13.2 Å². The van der Waals surface area contributed by atoms with Crippen LogP contribution >= 0.6 is 0 Å². The van der Waals surface area contributed by atoms with Gasteiger partial charge >= 0.3 is 0 Å². The summed E-state index contributed by atoms with van der Waals surface area (Å²) >= 11 is 0. The molecule has 0 spiro atoms. The van der Waals surface area contributed by atoms with Gasteiger partial charge in [0.15, 0.2) is 0 Å². The third kappa shape index (κ3) is 4.30. The third-order valence-electron chi connectivity index (χ3n) is 4.18. The van der Waals surface area contributed by atoms with E-state index in [1.807, 2.05) is 12.1 Å². The number of benzene rings is 1. The Morgan fingerprint density at radius 2 is 2.05 bits per heavy atom. The average Bonchev–Trinajstić information content (AvgIpc) is 2.50. The summed E-state index contributed by atoms with van der Waals surface area (Å²) in [6.07, 6.45) is 3.30. The van der Waals surface area contributed by atoms with Crippen molar-refractivity contribution in [3.8, 4) is 0 Å². The Labute approximate surface area is 132 Å². The molecule has 1 unspecified atom stereocenters. The van der Waals surface area contributed by atoms with Gasteiger partial charge in [0.2, 0.25) is 15.9 Å². The minimum absolute atomic E-state index is 0.00881. The van der Waals surface area contributed by atoms with Crippen molar-refractivity contribution in [1.82, 2.24) is 9.62 Å². The van der Waals surface area contributed by atoms with Crippen LogP contribution in [0.3, 0.4) is 0 Å². The molecular weight excluding hydrogens is 300 g/mol. The van der Waals surface area contributed by atoms with Gasteiger partial charge in [-0.3, -0.25) is 4.79 Å². The molecule has 0 aromatic heterocycles. The topological polar surface area (TPSA) is 66.5 Å². The fourth-order valence-electron chi connectivity index (χ4n) is 2.80. The molecule has 0 fully saturated rings. The second-order valence-electron chi connectivity index (χ2n) is 5.94. The molecule has 1 atom stereocenters. The highest BCUT2D eigenvalue weighted by molar-refractivity contribution is 7.89. The Hall–Kier alpha value is -1.40. The van der Waals surface area contributed by atoms with E-state index in [1.54, 1.807) is 0 Å². The van der Waals surface area contributed by atoms with Gasteiger partial charge in [-0.1, -0.05) is 24.3 Å². The number of sulfonamides is 1. The number of carbonyl (C=O) groups excluding carboxylic acids is 1. The fourth-order valence-corrected chi connectivity index (χ4v) is 3.60. The summed E-state index contributed by atoms with van der Waals surface area (Å²) in [6.45, 7) is 0.581. The van der Waals surface area contributed by atoms with Crippen LogP contribution in [0.4, 0.5) is 0 Å². The molecule has 6 heteroatoms. The van der Waals surface area contributed by atoms with E-state index in [2.05, 4.69) is 17.4 Å². The fraction of sp³-hybridized carbons (Fsp3) is 0.562. The van der Waals surface area contributed by atoms with Gasteiger partial charge in [0.05, 0.1) is 5.75 Å². The van der Waals surface area contributed by atoms with E-state index in [0.717, 1.165) is 23.6 Å². The molecule has 0 radical (unpaired) electrons. The Morgan fingerprint density at radius 3 is 2.77 bits per heavy atom. The number of aryl methyl sites for hydroxylation is 1. The lowest BCUT2D eigenvalue weighted by Crippen LogP contribution is -2.33. The normalized spacial score (nSPS) is 18.0. The highest BCUT2D eigenvalue weighted by atomic mass is 32.2. The first-order chi connectivity index (χ1) is 10.4. The third-order valence-corrected chi connectivity index (χ3v) is 6.02. The van der Waals surface area contributed by atoms with E-state index in [1.165, 1.54) is 25.2 Å². The molecule has 1 aromatic carbocycles. The van der Waals surface area contributed by atoms with E-state index in [-0.39, 0.29) is 18.1 Å². The molecular formula is C16H24N2O3S. The number of fused-ring (bicyclic) bond motifs is 1. The zero-order valence-corrected chi connectivity index (χ0v) is 14.0. The van der Waals surface area contributed by atoms with Gasteiger partial charge in [-0.15, -0.1) is 0 Å². The van der Waals surface area contributed by atoms with Crippen LogP contribution in [0, 0.1) is 0 Å². The summed E-state index contributed by atoms with van der Waals surface area (Å²) in [5, 5.41) is 2.88. The van der Waals surface area contributed by atoms with Crippen LogP contribution in [0.2, 0.25) is 0 Å². The molecule has 0 bridgehead atoms. The lowest BCUT2D eigenvalue weighted by Gasteiger charge is -2.25. The van der Waals surface area contributed by atoms with Crippen LogP contribution < -0.4 is 5.32 Å². The molecule has 1 amide bonds. The van der Waals surface area contributed by atoms with Crippen LogP contribution in [0.25, 0.3) is 0 Å². The maximum Gasteiger partial charge on any atom is 0.221 e. The van der Waals surface area contributed by atoms with E-state index < -0.39 is 10.0 Å². The molecule has 0 saturated heterocycles. The smallest absolute Gasteiger partial charge is 0.221 e. The average molecular weight is 324 g/mol. The molecule has 1 aliphatic rings. The van der Waals surface area contributed by atoms with Crippen molar-refractivity contribution in [1.29, 1.82) is 0 Å². The van der Waals surface area contributed by atoms with Crippen molar-refractivity contribution >= 4 is 15.9 Å². The summed E-state index contributed by atoms with van der Waals surface area (Å²) in [4.78, 5) is 11.9. The molecule has 1 aliphatic carbocycles. The number of rotatable bonds is 6. The van der Waals surface area contributed by atoms with Crippen LogP contribution in [0.5, 0.6) is 0 Å². The molecule has 0 aliphatic heterocycles. The zero-order chi connectivity index (χ0) is 16.2. The van der Waals surface area contributed by atoms with Crippen LogP contribution in [-0.4, -0.2) is 45.0 Å². The molecule has 1 aromatic rings. The maximum absolute atomic E-state index is 11.9. The molecule has 0 saturated carbocycles. The summed E-state index contributed by atoms with van der Waals surface area (Å²) < 4.78 is 24.5.